The number of esters is 1. The maximum atomic E-state index is 13.0. The SMILES string of the molecule is CCCCOC(=O)C(CCCC)(CCCC)c1ccc(O)cc1. The smallest absolute Gasteiger partial charge is 0.316 e. The molecule has 0 bridgehead atoms. The van der Waals surface area contributed by atoms with Crippen LogP contribution in [0.4, 0.5) is 0 Å². The largest absolute Gasteiger partial charge is 0.508 e. The minimum Gasteiger partial charge on any atom is -0.508 e. The summed E-state index contributed by atoms with van der Waals surface area (Å²) in [6.07, 6.45) is 7.62. The van der Waals surface area contributed by atoms with Crippen molar-refractivity contribution in [2.75, 3.05) is 6.61 Å². The number of aromatic hydroxyl groups is 1. The van der Waals surface area contributed by atoms with Crippen molar-refractivity contribution in [2.24, 2.45) is 0 Å². The van der Waals surface area contributed by atoms with Crippen LogP contribution in [-0.4, -0.2) is 17.7 Å². The number of hydrogen-bond donors (Lipinski definition) is 1. The molecule has 1 aromatic carbocycles. The lowest BCUT2D eigenvalue weighted by Crippen LogP contribution is -2.38. The van der Waals surface area contributed by atoms with Crippen LogP contribution in [0.5, 0.6) is 5.75 Å². The fraction of sp³-hybridized carbons (Fsp3) is 0.650. The van der Waals surface area contributed by atoms with Crippen LogP contribution in [0.15, 0.2) is 24.3 Å². The van der Waals surface area contributed by atoms with E-state index < -0.39 is 5.41 Å². The van der Waals surface area contributed by atoms with Crippen molar-refractivity contribution in [3.63, 3.8) is 0 Å². The van der Waals surface area contributed by atoms with Crippen LogP contribution in [0.2, 0.25) is 0 Å². The summed E-state index contributed by atoms with van der Waals surface area (Å²) in [6.45, 7) is 6.87. The first-order valence-electron chi connectivity index (χ1n) is 9.07. The van der Waals surface area contributed by atoms with E-state index in [0.29, 0.717) is 6.61 Å². The van der Waals surface area contributed by atoms with Gasteiger partial charge in [-0.2, -0.15) is 0 Å². The second-order valence-electron chi connectivity index (χ2n) is 6.33. The highest BCUT2D eigenvalue weighted by molar-refractivity contribution is 5.83. The predicted molar refractivity (Wildman–Crippen MR) is 94.7 cm³/mol. The molecule has 3 nitrogen and oxygen atoms in total. The van der Waals surface area contributed by atoms with Gasteiger partial charge in [-0.15, -0.1) is 0 Å². The molecule has 1 N–H and O–H groups in total. The van der Waals surface area contributed by atoms with Gasteiger partial charge in [-0.3, -0.25) is 4.79 Å². The Labute approximate surface area is 141 Å². The Kier molecular flexibility index (Phi) is 8.75. The Hall–Kier alpha value is -1.51. The van der Waals surface area contributed by atoms with Crippen molar-refractivity contribution >= 4 is 5.97 Å². The second kappa shape index (κ2) is 10.3. The molecule has 0 fully saturated rings. The van der Waals surface area contributed by atoms with Crippen LogP contribution in [0.25, 0.3) is 0 Å². The Morgan fingerprint density at radius 2 is 1.48 bits per heavy atom. The average Bonchev–Trinajstić information content (AvgIpc) is 2.56. The maximum Gasteiger partial charge on any atom is 0.316 e. The third-order valence-corrected chi connectivity index (χ3v) is 4.46. The molecule has 0 heterocycles. The lowest BCUT2D eigenvalue weighted by Gasteiger charge is -2.32. The molecule has 0 amide bonds. The lowest BCUT2D eigenvalue weighted by atomic mass is 9.72. The van der Waals surface area contributed by atoms with Gasteiger partial charge < -0.3 is 9.84 Å². The molecule has 0 aliphatic carbocycles. The zero-order chi connectivity index (χ0) is 17.1. The molecule has 0 spiro atoms. The minimum absolute atomic E-state index is 0.0986. The molecule has 23 heavy (non-hydrogen) atoms. The normalized spacial score (nSPS) is 11.4. The van der Waals surface area contributed by atoms with Crippen molar-refractivity contribution in [1.29, 1.82) is 0 Å². The summed E-state index contributed by atoms with van der Waals surface area (Å²) >= 11 is 0. The van der Waals surface area contributed by atoms with Crippen molar-refractivity contribution in [3.05, 3.63) is 29.8 Å². The van der Waals surface area contributed by atoms with E-state index in [4.69, 9.17) is 4.74 Å². The molecule has 0 aliphatic heterocycles. The van der Waals surface area contributed by atoms with Gasteiger partial charge in [0.25, 0.3) is 0 Å². The number of hydrogen-bond acceptors (Lipinski definition) is 3. The van der Waals surface area contributed by atoms with E-state index in [1.165, 1.54) is 0 Å². The third kappa shape index (κ3) is 5.56. The highest BCUT2D eigenvalue weighted by atomic mass is 16.5. The van der Waals surface area contributed by atoms with E-state index >= 15 is 0 Å². The molecule has 0 unspecified atom stereocenters. The number of phenols is 1. The van der Waals surface area contributed by atoms with Gasteiger partial charge in [0.1, 0.15) is 5.75 Å². The summed E-state index contributed by atoms with van der Waals surface area (Å²) in [5.74, 6) is 0.131. The fourth-order valence-electron chi connectivity index (χ4n) is 2.92. The summed E-state index contributed by atoms with van der Waals surface area (Å²) < 4.78 is 5.63. The van der Waals surface area contributed by atoms with E-state index in [1.807, 2.05) is 12.1 Å². The topological polar surface area (TPSA) is 46.5 Å². The van der Waals surface area contributed by atoms with E-state index in [1.54, 1.807) is 12.1 Å². The molecule has 0 aromatic heterocycles. The lowest BCUT2D eigenvalue weighted by molar-refractivity contribution is -0.151. The Bertz CT molecular complexity index is 442. The van der Waals surface area contributed by atoms with Crippen LogP contribution in [0.3, 0.4) is 0 Å². The highest BCUT2D eigenvalue weighted by Crippen LogP contribution is 2.37. The molecule has 0 radical (unpaired) electrons. The number of carbonyl (C=O) groups excluding carboxylic acids is 1. The van der Waals surface area contributed by atoms with Crippen LogP contribution in [0, 0.1) is 0 Å². The monoisotopic (exact) mass is 320 g/mol. The Morgan fingerprint density at radius 3 is 1.96 bits per heavy atom. The molecule has 0 saturated heterocycles. The summed E-state index contributed by atoms with van der Waals surface area (Å²) in [5.41, 5.74) is 0.395. The second-order valence-corrected chi connectivity index (χ2v) is 6.33. The van der Waals surface area contributed by atoms with Crippen molar-refractivity contribution in [3.8, 4) is 5.75 Å². The van der Waals surface area contributed by atoms with Gasteiger partial charge >= 0.3 is 5.97 Å². The van der Waals surface area contributed by atoms with Crippen molar-refractivity contribution in [1.82, 2.24) is 0 Å². The first kappa shape index (κ1) is 19.5. The van der Waals surface area contributed by atoms with Gasteiger partial charge in [-0.25, -0.2) is 0 Å². The van der Waals surface area contributed by atoms with E-state index in [9.17, 15) is 9.90 Å². The molecular formula is C20H32O3. The molecule has 1 aromatic rings. The summed E-state index contributed by atoms with van der Waals surface area (Å²) in [5, 5.41) is 9.57. The van der Waals surface area contributed by atoms with E-state index in [2.05, 4.69) is 20.8 Å². The van der Waals surface area contributed by atoms with Gasteiger partial charge in [-0.1, -0.05) is 65.0 Å². The van der Waals surface area contributed by atoms with Gasteiger partial charge in [0, 0.05) is 0 Å². The summed E-state index contributed by atoms with van der Waals surface area (Å²) in [4.78, 5) is 13.0. The Morgan fingerprint density at radius 1 is 0.957 bits per heavy atom. The van der Waals surface area contributed by atoms with Crippen LogP contribution in [-0.2, 0) is 14.9 Å². The fourth-order valence-corrected chi connectivity index (χ4v) is 2.92. The molecule has 1 rings (SSSR count). The summed E-state index contributed by atoms with van der Waals surface area (Å²) in [7, 11) is 0. The number of carbonyl (C=O) groups is 1. The van der Waals surface area contributed by atoms with Gasteiger partial charge in [0.05, 0.1) is 12.0 Å². The van der Waals surface area contributed by atoms with Crippen molar-refractivity contribution in [2.45, 2.75) is 77.6 Å². The first-order chi connectivity index (χ1) is 11.1. The van der Waals surface area contributed by atoms with Gasteiger partial charge in [0.15, 0.2) is 0 Å². The molecule has 130 valence electrons. The summed E-state index contributed by atoms with van der Waals surface area (Å²) in [6, 6.07) is 7.09. The van der Waals surface area contributed by atoms with Gasteiger partial charge in [-0.05, 0) is 37.0 Å². The average molecular weight is 320 g/mol. The predicted octanol–water partition coefficient (Wildman–Crippen LogP) is 5.35. The van der Waals surface area contributed by atoms with Gasteiger partial charge in [0.2, 0.25) is 0 Å². The molecule has 0 aliphatic rings. The number of phenolic OH excluding ortho intramolecular Hbond substituents is 1. The zero-order valence-electron chi connectivity index (χ0n) is 14.9. The Balaban J connectivity index is 3.11. The molecule has 3 heteroatoms. The standard InChI is InChI=1S/C20H32O3/c1-4-7-14-20(15-8-5-2,19(22)23-16-9-6-3)17-10-12-18(21)13-11-17/h10-13,21H,4-9,14-16H2,1-3H3. The zero-order valence-corrected chi connectivity index (χ0v) is 14.9. The maximum absolute atomic E-state index is 13.0. The molecular weight excluding hydrogens is 288 g/mol. The minimum atomic E-state index is -0.576. The molecule has 0 saturated carbocycles. The number of benzene rings is 1. The van der Waals surface area contributed by atoms with E-state index in [0.717, 1.165) is 56.9 Å². The number of ether oxygens (including phenoxy) is 1. The van der Waals surface area contributed by atoms with Crippen LogP contribution >= 0.6 is 0 Å². The quantitative estimate of drug-likeness (QED) is 0.441. The molecule has 0 atom stereocenters. The number of unbranched alkanes of at least 4 members (excludes halogenated alkanes) is 3. The first-order valence-corrected chi connectivity index (χ1v) is 9.07. The highest BCUT2D eigenvalue weighted by Gasteiger charge is 2.40. The number of rotatable bonds is 11. The van der Waals surface area contributed by atoms with Crippen LogP contribution in [0.1, 0.15) is 77.7 Å². The van der Waals surface area contributed by atoms with E-state index in [-0.39, 0.29) is 11.7 Å². The van der Waals surface area contributed by atoms with Crippen LogP contribution < -0.4 is 0 Å². The van der Waals surface area contributed by atoms with Crippen molar-refractivity contribution < 1.29 is 14.6 Å². The third-order valence-electron chi connectivity index (χ3n) is 4.46.